The van der Waals surface area contributed by atoms with Gasteiger partial charge in [-0.05, 0) is 36.9 Å². The summed E-state index contributed by atoms with van der Waals surface area (Å²) in [5, 5.41) is 4.70. The standard InChI is InChI=1S/C12H23NS/c1-12(2)7-3-6-11(12)13-9-10-5-4-8-14-10/h10-11,13H,3-9H2,1-2H3. The molecule has 0 amide bonds. The van der Waals surface area contributed by atoms with Crippen molar-refractivity contribution in [2.75, 3.05) is 12.3 Å². The van der Waals surface area contributed by atoms with Crippen molar-refractivity contribution in [2.24, 2.45) is 5.41 Å². The van der Waals surface area contributed by atoms with Gasteiger partial charge in [-0.3, -0.25) is 0 Å². The van der Waals surface area contributed by atoms with Crippen molar-refractivity contribution in [3.05, 3.63) is 0 Å². The molecule has 0 aromatic heterocycles. The lowest BCUT2D eigenvalue weighted by molar-refractivity contribution is 0.284. The molecule has 0 aromatic rings. The van der Waals surface area contributed by atoms with E-state index in [1.54, 1.807) is 0 Å². The predicted octanol–water partition coefficient (Wildman–Crippen LogP) is 3.05. The molecule has 2 fully saturated rings. The summed E-state index contributed by atoms with van der Waals surface area (Å²) in [6, 6.07) is 0.781. The van der Waals surface area contributed by atoms with Gasteiger partial charge in [-0.25, -0.2) is 0 Å². The summed E-state index contributed by atoms with van der Waals surface area (Å²) in [5.74, 6) is 1.39. The van der Waals surface area contributed by atoms with E-state index in [-0.39, 0.29) is 0 Å². The van der Waals surface area contributed by atoms with Gasteiger partial charge in [-0.1, -0.05) is 20.3 Å². The number of rotatable bonds is 3. The summed E-state index contributed by atoms with van der Waals surface area (Å²) in [6.45, 7) is 6.08. The van der Waals surface area contributed by atoms with Gasteiger partial charge < -0.3 is 5.32 Å². The molecule has 0 spiro atoms. The normalized spacial score (nSPS) is 36.4. The molecule has 1 saturated heterocycles. The number of hydrogen-bond donors (Lipinski definition) is 1. The Morgan fingerprint density at radius 2 is 2.14 bits per heavy atom. The second kappa shape index (κ2) is 4.44. The molecule has 1 N–H and O–H groups in total. The predicted molar refractivity (Wildman–Crippen MR) is 64.9 cm³/mol. The molecule has 0 bridgehead atoms. The number of nitrogens with one attached hydrogen (secondary N) is 1. The fourth-order valence-electron chi connectivity index (χ4n) is 2.78. The van der Waals surface area contributed by atoms with Crippen LogP contribution in [0.3, 0.4) is 0 Å². The first-order chi connectivity index (χ1) is 6.68. The highest BCUT2D eigenvalue weighted by Crippen LogP contribution is 2.37. The fraction of sp³-hybridized carbons (Fsp3) is 1.00. The zero-order valence-electron chi connectivity index (χ0n) is 9.51. The van der Waals surface area contributed by atoms with Crippen LogP contribution in [0.5, 0.6) is 0 Å². The Hall–Kier alpha value is 0.310. The molecule has 2 unspecified atom stereocenters. The van der Waals surface area contributed by atoms with Gasteiger partial charge in [0.2, 0.25) is 0 Å². The van der Waals surface area contributed by atoms with E-state index in [9.17, 15) is 0 Å². The molecule has 82 valence electrons. The van der Waals surface area contributed by atoms with Crippen molar-refractivity contribution in [3.8, 4) is 0 Å². The zero-order valence-corrected chi connectivity index (χ0v) is 10.3. The van der Waals surface area contributed by atoms with Crippen molar-refractivity contribution < 1.29 is 0 Å². The van der Waals surface area contributed by atoms with E-state index >= 15 is 0 Å². The SMILES string of the molecule is CC1(C)CCCC1NCC1CCCS1. The topological polar surface area (TPSA) is 12.0 Å². The van der Waals surface area contributed by atoms with Crippen LogP contribution < -0.4 is 5.32 Å². The Balaban J connectivity index is 1.74. The van der Waals surface area contributed by atoms with Crippen molar-refractivity contribution in [1.82, 2.24) is 5.32 Å². The molecule has 14 heavy (non-hydrogen) atoms. The smallest absolute Gasteiger partial charge is 0.0172 e. The first-order valence-electron chi connectivity index (χ1n) is 6.03. The lowest BCUT2D eigenvalue weighted by Crippen LogP contribution is -2.40. The van der Waals surface area contributed by atoms with Crippen molar-refractivity contribution >= 4 is 11.8 Å². The average molecular weight is 213 g/mol. The van der Waals surface area contributed by atoms with E-state index in [0.29, 0.717) is 5.41 Å². The lowest BCUT2D eigenvalue weighted by Gasteiger charge is -2.29. The quantitative estimate of drug-likeness (QED) is 0.773. The van der Waals surface area contributed by atoms with Gasteiger partial charge in [-0.2, -0.15) is 11.8 Å². The summed E-state index contributed by atoms with van der Waals surface area (Å²) < 4.78 is 0. The second-order valence-electron chi connectivity index (χ2n) is 5.48. The molecule has 1 heterocycles. The van der Waals surface area contributed by atoms with E-state index in [2.05, 4.69) is 30.9 Å². The van der Waals surface area contributed by atoms with Crippen molar-refractivity contribution in [1.29, 1.82) is 0 Å². The highest BCUT2D eigenvalue weighted by Gasteiger charge is 2.34. The van der Waals surface area contributed by atoms with Crippen LogP contribution in [0.25, 0.3) is 0 Å². The molecule has 0 radical (unpaired) electrons. The summed E-state index contributed by atoms with van der Waals surface area (Å²) in [4.78, 5) is 0. The third kappa shape index (κ3) is 2.46. The summed E-state index contributed by atoms with van der Waals surface area (Å²) >= 11 is 2.16. The third-order valence-electron chi connectivity index (χ3n) is 3.87. The van der Waals surface area contributed by atoms with Crippen LogP contribution >= 0.6 is 11.8 Å². The van der Waals surface area contributed by atoms with Gasteiger partial charge >= 0.3 is 0 Å². The molecule has 2 heteroatoms. The molecular weight excluding hydrogens is 190 g/mol. The number of hydrogen-bond acceptors (Lipinski definition) is 2. The summed E-state index contributed by atoms with van der Waals surface area (Å²) in [7, 11) is 0. The first-order valence-corrected chi connectivity index (χ1v) is 7.08. The van der Waals surface area contributed by atoms with Crippen LogP contribution in [0.1, 0.15) is 46.0 Å². The maximum Gasteiger partial charge on any atom is 0.0172 e. The van der Waals surface area contributed by atoms with E-state index in [4.69, 9.17) is 0 Å². The minimum absolute atomic E-state index is 0.545. The zero-order chi connectivity index (χ0) is 10.0. The fourth-order valence-corrected chi connectivity index (χ4v) is 4.00. The highest BCUT2D eigenvalue weighted by molar-refractivity contribution is 8.00. The lowest BCUT2D eigenvalue weighted by atomic mass is 9.87. The maximum atomic E-state index is 3.79. The van der Waals surface area contributed by atoms with Crippen LogP contribution in [-0.4, -0.2) is 23.6 Å². The molecular formula is C12H23NS. The highest BCUT2D eigenvalue weighted by atomic mass is 32.2. The Kier molecular flexibility index (Phi) is 3.43. The minimum atomic E-state index is 0.545. The van der Waals surface area contributed by atoms with Gasteiger partial charge in [0.1, 0.15) is 0 Å². The molecule has 1 nitrogen and oxygen atoms in total. The molecule has 2 aliphatic rings. The van der Waals surface area contributed by atoms with Crippen LogP contribution in [-0.2, 0) is 0 Å². The van der Waals surface area contributed by atoms with Gasteiger partial charge in [0, 0.05) is 17.8 Å². The van der Waals surface area contributed by atoms with Gasteiger partial charge in [-0.15, -0.1) is 0 Å². The first kappa shape index (κ1) is 10.8. The third-order valence-corrected chi connectivity index (χ3v) is 5.27. The minimum Gasteiger partial charge on any atom is -0.312 e. The number of thioether (sulfide) groups is 1. The molecule has 1 saturated carbocycles. The van der Waals surface area contributed by atoms with Crippen LogP contribution in [0.15, 0.2) is 0 Å². The monoisotopic (exact) mass is 213 g/mol. The Morgan fingerprint density at radius 3 is 2.71 bits per heavy atom. The average Bonchev–Trinajstić information content (AvgIpc) is 2.71. The van der Waals surface area contributed by atoms with E-state index in [1.165, 1.54) is 44.4 Å². The molecule has 2 atom stereocenters. The van der Waals surface area contributed by atoms with Crippen LogP contribution in [0.4, 0.5) is 0 Å². The summed E-state index contributed by atoms with van der Waals surface area (Å²) in [6.07, 6.45) is 7.09. The van der Waals surface area contributed by atoms with Crippen molar-refractivity contribution in [2.45, 2.75) is 57.2 Å². The van der Waals surface area contributed by atoms with Crippen LogP contribution in [0.2, 0.25) is 0 Å². The molecule has 0 aromatic carbocycles. The van der Waals surface area contributed by atoms with Crippen molar-refractivity contribution in [3.63, 3.8) is 0 Å². The molecule has 1 aliphatic carbocycles. The molecule has 2 rings (SSSR count). The van der Waals surface area contributed by atoms with Gasteiger partial charge in [0.25, 0.3) is 0 Å². The Bertz CT molecular complexity index is 185. The van der Waals surface area contributed by atoms with E-state index in [1.807, 2.05) is 0 Å². The van der Waals surface area contributed by atoms with E-state index in [0.717, 1.165) is 11.3 Å². The largest absolute Gasteiger partial charge is 0.312 e. The van der Waals surface area contributed by atoms with Gasteiger partial charge in [0.05, 0.1) is 0 Å². The summed E-state index contributed by atoms with van der Waals surface area (Å²) in [5.41, 5.74) is 0.545. The second-order valence-corrected chi connectivity index (χ2v) is 6.88. The maximum absolute atomic E-state index is 3.79. The Morgan fingerprint density at radius 1 is 1.29 bits per heavy atom. The Labute approximate surface area is 92.4 Å². The van der Waals surface area contributed by atoms with E-state index < -0.39 is 0 Å². The molecule has 1 aliphatic heterocycles. The van der Waals surface area contributed by atoms with Crippen LogP contribution in [0, 0.1) is 5.41 Å². The van der Waals surface area contributed by atoms with Gasteiger partial charge in [0.15, 0.2) is 0 Å².